The average molecular weight is 397 g/mol. The number of nitrogens with zero attached hydrogens (tertiary/aromatic N) is 1. The molecule has 0 saturated heterocycles. The highest BCUT2D eigenvalue weighted by atomic mass is 32.2. The molecule has 8 nitrogen and oxygen atoms in total. The van der Waals surface area contributed by atoms with Gasteiger partial charge >= 0.3 is 6.03 Å². The number of rotatable bonds is 7. The monoisotopic (exact) mass is 396 g/mol. The van der Waals surface area contributed by atoms with Gasteiger partial charge in [0, 0.05) is 25.2 Å². The van der Waals surface area contributed by atoms with E-state index >= 15 is 0 Å². The van der Waals surface area contributed by atoms with Gasteiger partial charge in [0.05, 0.1) is 18.5 Å². The van der Waals surface area contributed by atoms with Gasteiger partial charge in [-0.25, -0.2) is 13.2 Å². The highest BCUT2D eigenvalue weighted by molar-refractivity contribution is 7.92. The van der Waals surface area contributed by atoms with Gasteiger partial charge in [-0.2, -0.15) is 0 Å². The van der Waals surface area contributed by atoms with Crippen LogP contribution in [0.2, 0.25) is 0 Å². The molecule has 3 N–H and O–H groups in total. The number of sulfonamides is 1. The summed E-state index contributed by atoms with van der Waals surface area (Å²) in [5.74, 6) is -0.198. The van der Waals surface area contributed by atoms with Gasteiger partial charge in [0.2, 0.25) is 15.9 Å². The topological polar surface area (TPSA) is 108 Å². The van der Waals surface area contributed by atoms with E-state index in [9.17, 15) is 18.0 Å². The third-order valence-electron chi connectivity index (χ3n) is 4.42. The summed E-state index contributed by atoms with van der Waals surface area (Å²) >= 11 is 0. The number of carbonyl (C=O) groups excluding carboxylic acids is 2. The number of benzene rings is 1. The van der Waals surface area contributed by atoms with Crippen molar-refractivity contribution in [3.8, 4) is 0 Å². The Labute approximate surface area is 160 Å². The Morgan fingerprint density at radius 2 is 1.74 bits per heavy atom. The van der Waals surface area contributed by atoms with Gasteiger partial charge in [0.15, 0.2) is 0 Å². The SMILES string of the molecule is CC(=O)Nc1ccc(N(CCNC(=O)NC2CCCCC2)S(C)(=O)=O)cc1. The maximum absolute atomic E-state index is 12.1. The van der Waals surface area contributed by atoms with Crippen LogP contribution in [0.15, 0.2) is 24.3 Å². The summed E-state index contributed by atoms with van der Waals surface area (Å²) < 4.78 is 25.5. The first-order valence-electron chi connectivity index (χ1n) is 9.15. The van der Waals surface area contributed by atoms with Crippen molar-refractivity contribution in [1.29, 1.82) is 0 Å². The molecule has 9 heteroatoms. The van der Waals surface area contributed by atoms with Crippen LogP contribution in [0.5, 0.6) is 0 Å². The molecular weight excluding hydrogens is 368 g/mol. The third-order valence-corrected chi connectivity index (χ3v) is 5.61. The van der Waals surface area contributed by atoms with Crippen LogP contribution in [0.4, 0.5) is 16.2 Å². The number of carbonyl (C=O) groups is 2. The van der Waals surface area contributed by atoms with Crippen LogP contribution in [0.25, 0.3) is 0 Å². The molecule has 3 amide bonds. The Morgan fingerprint density at radius 3 is 2.30 bits per heavy atom. The van der Waals surface area contributed by atoms with Crippen molar-refractivity contribution >= 4 is 33.3 Å². The van der Waals surface area contributed by atoms with E-state index < -0.39 is 10.0 Å². The zero-order valence-corrected chi connectivity index (χ0v) is 16.6. The van der Waals surface area contributed by atoms with Gasteiger partial charge in [-0.05, 0) is 37.1 Å². The van der Waals surface area contributed by atoms with Gasteiger partial charge < -0.3 is 16.0 Å². The Balaban J connectivity index is 1.91. The summed E-state index contributed by atoms with van der Waals surface area (Å²) in [6.45, 7) is 1.72. The molecule has 0 bridgehead atoms. The molecule has 1 aliphatic rings. The smallest absolute Gasteiger partial charge is 0.315 e. The van der Waals surface area contributed by atoms with Crippen LogP contribution in [-0.2, 0) is 14.8 Å². The lowest BCUT2D eigenvalue weighted by Crippen LogP contribution is -2.45. The standard InChI is InChI=1S/C18H28N4O4S/c1-14(23)20-16-8-10-17(11-9-16)22(27(2,25)26)13-12-19-18(24)21-15-6-4-3-5-7-15/h8-11,15H,3-7,12-13H2,1-2H3,(H,20,23)(H2,19,21,24). The number of hydrogen-bond acceptors (Lipinski definition) is 4. The van der Waals surface area contributed by atoms with E-state index in [0.717, 1.165) is 31.9 Å². The normalized spacial score (nSPS) is 15.0. The Kier molecular flexibility index (Phi) is 7.46. The summed E-state index contributed by atoms with van der Waals surface area (Å²) in [5.41, 5.74) is 1.06. The predicted octanol–water partition coefficient (Wildman–Crippen LogP) is 2.04. The molecular formula is C18H28N4O4S. The average Bonchev–Trinajstić information content (AvgIpc) is 2.59. The minimum absolute atomic E-state index is 0.121. The van der Waals surface area contributed by atoms with Crippen LogP contribution in [-0.4, -0.2) is 45.7 Å². The second-order valence-corrected chi connectivity index (χ2v) is 8.71. The van der Waals surface area contributed by atoms with Gasteiger partial charge in [0.25, 0.3) is 0 Å². The number of hydrogen-bond donors (Lipinski definition) is 3. The van der Waals surface area contributed by atoms with Crippen molar-refractivity contribution in [2.24, 2.45) is 0 Å². The molecule has 0 aromatic heterocycles. The summed E-state index contributed by atoms with van der Waals surface area (Å²) in [5, 5.41) is 8.30. The molecule has 27 heavy (non-hydrogen) atoms. The molecule has 1 aromatic carbocycles. The van der Waals surface area contributed by atoms with E-state index in [1.165, 1.54) is 17.6 Å². The molecule has 0 spiro atoms. The molecule has 1 aromatic rings. The first-order chi connectivity index (χ1) is 12.8. The van der Waals surface area contributed by atoms with Crippen LogP contribution in [0.1, 0.15) is 39.0 Å². The summed E-state index contributed by atoms with van der Waals surface area (Å²) in [6.07, 6.45) is 6.57. The fourth-order valence-corrected chi connectivity index (χ4v) is 4.08. The Bertz CT molecular complexity index is 743. The lowest BCUT2D eigenvalue weighted by Gasteiger charge is -2.25. The van der Waals surface area contributed by atoms with Crippen molar-refractivity contribution in [1.82, 2.24) is 10.6 Å². The number of anilines is 2. The van der Waals surface area contributed by atoms with Crippen molar-refractivity contribution < 1.29 is 18.0 Å². The molecule has 0 unspecified atom stereocenters. The number of urea groups is 1. The maximum Gasteiger partial charge on any atom is 0.315 e. The second kappa shape index (κ2) is 9.59. The molecule has 0 aliphatic heterocycles. The lowest BCUT2D eigenvalue weighted by molar-refractivity contribution is -0.114. The van der Waals surface area contributed by atoms with Gasteiger partial charge in [-0.15, -0.1) is 0 Å². The second-order valence-electron chi connectivity index (χ2n) is 6.80. The van der Waals surface area contributed by atoms with Gasteiger partial charge in [0.1, 0.15) is 0 Å². The first-order valence-corrected chi connectivity index (χ1v) is 11.0. The van der Waals surface area contributed by atoms with Gasteiger partial charge in [-0.3, -0.25) is 9.10 Å². The maximum atomic E-state index is 12.1. The minimum atomic E-state index is -3.50. The predicted molar refractivity (Wildman–Crippen MR) is 106 cm³/mol. The van der Waals surface area contributed by atoms with Crippen molar-refractivity contribution in [3.63, 3.8) is 0 Å². The van der Waals surface area contributed by atoms with E-state index in [1.807, 2.05) is 0 Å². The van der Waals surface area contributed by atoms with E-state index in [2.05, 4.69) is 16.0 Å². The Morgan fingerprint density at radius 1 is 1.11 bits per heavy atom. The largest absolute Gasteiger partial charge is 0.336 e. The molecule has 0 heterocycles. The molecule has 2 rings (SSSR count). The van der Waals surface area contributed by atoms with Gasteiger partial charge in [-0.1, -0.05) is 19.3 Å². The lowest BCUT2D eigenvalue weighted by atomic mass is 9.96. The highest BCUT2D eigenvalue weighted by Gasteiger charge is 2.19. The fraction of sp³-hybridized carbons (Fsp3) is 0.556. The zero-order valence-electron chi connectivity index (χ0n) is 15.8. The first kappa shape index (κ1) is 21.0. The number of nitrogens with one attached hydrogen (secondary N) is 3. The van der Waals surface area contributed by atoms with Crippen LogP contribution >= 0.6 is 0 Å². The van der Waals surface area contributed by atoms with Crippen molar-refractivity contribution in [3.05, 3.63) is 24.3 Å². The van der Waals surface area contributed by atoms with Crippen LogP contribution < -0.4 is 20.3 Å². The quantitative estimate of drug-likeness (QED) is 0.655. The van der Waals surface area contributed by atoms with Crippen molar-refractivity contribution in [2.75, 3.05) is 29.0 Å². The Hall–Kier alpha value is -2.29. The molecule has 150 valence electrons. The van der Waals surface area contributed by atoms with E-state index in [1.54, 1.807) is 24.3 Å². The summed E-state index contributed by atoms with van der Waals surface area (Å²) in [6, 6.07) is 6.45. The zero-order chi connectivity index (χ0) is 19.9. The minimum Gasteiger partial charge on any atom is -0.336 e. The van der Waals surface area contributed by atoms with Crippen LogP contribution in [0, 0.1) is 0 Å². The van der Waals surface area contributed by atoms with E-state index in [4.69, 9.17) is 0 Å². The van der Waals surface area contributed by atoms with E-state index in [-0.39, 0.29) is 31.1 Å². The molecule has 1 fully saturated rings. The molecule has 1 aliphatic carbocycles. The van der Waals surface area contributed by atoms with Crippen LogP contribution in [0.3, 0.4) is 0 Å². The third kappa shape index (κ3) is 7.09. The molecule has 0 radical (unpaired) electrons. The highest BCUT2D eigenvalue weighted by Crippen LogP contribution is 2.20. The fourth-order valence-electron chi connectivity index (χ4n) is 3.16. The van der Waals surface area contributed by atoms with Crippen molar-refractivity contribution in [2.45, 2.75) is 45.1 Å². The molecule has 0 atom stereocenters. The number of amides is 3. The summed E-state index contributed by atoms with van der Waals surface area (Å²) in [4.78, 5) is 23.1. The van der Waals surface area contributed by atoms with E-state index in [0.29, 0.717) is 11.4 Å². The molecule has 1 saturated carbocycles. The summed E-state index contributed by atoms with van der Waals surface area (Å²) in [7, 11) is -3.50.